The van der Waals surface area contributed by atoms with Crippen molar-refractivity contribution >= 4 is 28.9 Å². The first-order chi connectivity index (χ1) is 13.7. The smallest absolute Gasteiger partial charge is 0.267 e. The van der Waals surface area contributed by atoms with Gasteiger partial charge in [0, 0.05) is 18.1 Å². The van der Waals surface area contributed by atoms with E-state index in [1.165, 1.54) is 6.20 Å². The number of rotatable bonds is 6. The number of carbonyl (C=O) groups excluding carboxylic acids is 1. The molecule has 3 rings (SSSR count). The van der Waals surface area contributed by atoms with Crippen molar-refractivity contribution in [2.45, 2.75) is 0 Å². The minimum Gasteiger partial charge on any atom is -0.457 e. The molecule has 3 aromatic rings. The van der Waals surface area contributed by atoms with Gasteiger partial charge in [-0.3, -0.25) is 4.79 Å². The van der Waals surface area contributed by atoms with Gasteiger partial charge >= 0.3 is 0 Å². The average molecular weight is 391 g/mol. The summed E-state index contributed by atoms with van der Waals surface area (Å²) in [4.78, 5) is 16.2. The molecule has 28 heavy (non-hydrogen) atoms. The number of benzene rings is 2. The van der Waals surface area contributed by atoms with Crippen LogP contribution in [0.1, 0.15) is 0 Å². The van der Waals surface area contributed by atoms with Crippen LogP contribution in [0.4, 0.5) is 11.4 Å². The Morgan fingerprint density at radius 1 is 1.04 bits per heavy atom. The molecule has 1 amide bonds. The molecular formula is C21H15ClN4O2. The fourth-order valence-corrected chi connectivity index (χ4v) is 2.40. The van der Waals surface area contributed by atoms with Gasteiger partial charge in [0.1, 0.15) is 23.1 Å². The molecule has 2 N–H and O–H groups in total. The number of anilines is 2. The number of hydrogen-bond acceptors (Lipinski definition) is 5. The minimum atomic E-state index is -0.549. The number of amides is 1. The van der Waals surface area contributed by atoms with Gasteiger partial charge in [-0.05, 0) is 48.5 Å². The second-order valence-electron chi connectivity index (χ2n) is 5.55. The lowest BCUT2D eigenvalue weighted by atomic mass is 10.2. The third-order valence-electron chi connectivity index (χ3n) is 3.59. The summed E-state index contributed by atoms with van der Waals surface area (Å²) in [7, 11) is 0. The lowest BCUT2D eigenvalue weighted by Crippen LogP contribution is -2.14. The molecule has 1 heterocycles. The van der Waals surface area contributed by atoms with Crippen molar-refractivity contribution in [1.29, 1.82) is 5.26 Å². The molecule has 0 aliphatic carbocycles. The van der Waals surface area contributed by atoms with Crippen molar-refractivity contribution in [3.8, 4) is 17.6 Å². The van der Waals surface area contributed by atoms with Crippen molar-refractivity contribution in [2.75, 3.05) is 10.6 Å². The number of hydrogen-bond donors (Lipinski definition) is 2. The highest BCUT2D eigenvalue weighted by Gasteiger charge is 2.10. The molecular weight excluding hydrogens is 376 g/mol. The normalized spacial score (nSPS) is 10.6. The first kappa shape index (κ1) is 19.0. The van der Waals surface area contributed by atoms with Crippen molar-refractivity contribution in [3.63, 3.8) is 0 Å². The molecule has 0 fully saturated rings. The average Bonchev–Trinajstić information content (AvgIpc) is 2.72. The van der Waals surface area contributed by atoms with Gasteiger partial charge in [0.05, 0.1) is 5.69 Å². The Morgan fingerprint density at radius 2 is 1.75 bits per heavy atom. The van der Waals surface area contributed by atoms with Crippen molar-refractivity contribution < 1.29 is 9.53 Å². The number of halogens is 1. The topological polar surface area (TPSA) is 87.0 Å². The molecule has 0 bridgehead atoms. The Kier molecular flexibility index (Phi) is 6.24. The van der Waals surface area contributed by atoms with Crippen LogP contribution in [0.2, 0.25) is 5.15 Å². The highest BCUT2D eigenvalue weighted by molar-refractivity contribution is 6.32. The van der Waals surface area contributed by atoms with E-state index in [-0.39, 0.29) is 10.7 Å². The zero-order valence-corrected chi connectivity index (χ0v) is 15.4. The number of ether oxygens (including phenoxy) is 1. The molecule has 0 unspecified atom stereocenters. The van der Waals surface area contributed by atoms with Crippen molar-refractivity contribution in [2.24, 2.45) is 0 Å². The second kappa shape index (κ2) is 9.21. The van der Waals surface area contributed by atoms with E-state index in [1.54, 1.807) is 42.6 Å². The van der Waals surface area contributed by atoms with E-state index in [0.717, 1.165) is 0 Å². The van der Waals surface area contributed by atoms with Crippen LogP contribution >= 0.6 is 11.6 Å². The van der Waals surface area contributed by atoms with Crippen molar-refractivity contribution in [1.82, 2.24) is 4.98 Å². The number of nitriles is 1. The van der Waals surface area contributed by atoms with Crippen LogP contribution in [0.3, 0.4) is 0 Å². The second-order valence-corrected chi connectivity index (χ2v) is 5.91. The first-order valence-electron chi connectivity index (χ1n) is 8.27. The van der Waals surface area contributed by atoms with Gasteiger partial charge < -0.3 is 15.4 Å². The summed E-state index contributed by atoms with van der Waals surface area (Å²) in [5.74, 6) is 0.800. The van der Waals surface area contributed by atoms with Gasteiger partial charge in [-0.15, -0.1) is 0 Å². The van der Waals surface area contributed by atoms with E-state index in [4.69, 9.17) is 16.3 Å². The number of pyridine rings is 1. The van der Waals surface area contributed by atoms with Crippen LogP contribution in [0.25, 0.3) is 0 Å². The number of nitrogens with one attached hydrogen (secondary N) is 2. The van der Waals surface area contributed by atoms with E-state index < -0.39 is 5.91 Å². The molecule has 0 atom stereocenters. The zero-order chi connectivity index (χ0) is 19.8. The summed E-state index contributed by atoms with van der Waals surface area (Å²) in [6, 6.07) is 21.4. The van der Waals surface area contributed by atoms with E-state index >= 15 is 0 Å². The lowest BCUT2D eigenvalue weighted by molar-refractivity contribution is -0.112. The summed E-state index contributed by atoms with van der Waals surface area (Å²) in [6.07, 6.45) is 2.82. The number of para-hydroxylation sites is 1. The van der Waals surface area contributed by atoms with Crippen LogP contribution in [-0.2, 0) is 4.79 Å². The molecule has 0 radical (unpaired) electrons. The van der Waals surface area contributed by atoms with E-state index in [1.807, 2.05) is 36.4 Å². The molecule has 138 valence electrons. The summed E-state index contributed by atoms with van der Waals surface area (Å²) >= 11 is 5.93. The molecule has 1 aromatic heterocycles. The number of aromatic nitrogens is 1. The van der Waals surface area contributed by atoms with Crippen LogP contribution in [0.15, 0.2) is 84.7 Å². The lowest BCUT2D eigenvalue weighted by Gasteiger charge is -2.08. The molecule has 0 aliphatic rings. The van der Waals surface area contributed by atoms with Crippen LogP contribution in [0.5, 0.6) is 11.5 Å². The predicted octanol–water partition coefficient (Wildman–Crippen LogP) is 4.99. The Balaban J connectivity index is 1.63. The highest BCUT2D eigenvalue weighted by atomic mass is 35.5. The fourth-order valence-electron chi connectivity index (χ4n) is 2.22. The molecule has 6 nitrogen and oxygen atoms in total. The maximum atomic E-state index is 12.3. The third-order valence-corrected chi connectivity index (χ3v) is 3.89. The third kappa shape index (κ3) is 5.10. The Hall–Kier alpha value is -3.82. The summed E-state index contributed by atoms with van der Waals surface area (Å²) in [5.41, 5.74) is 0.919. The van der Waals surface area contributed by atoms with Crippen LogP contribution < -0.4 is 15.4 Å². The summed E-state index contributed by atoms with van der Waals surface area (Å²) < 4.78 is 5.70. The van der Waals surface area contributed by atoms with Crippen LogP contribution in [0, 0.1) is 11.3 Å². The van der Waals surface area contributed by atoms with Gasteiger partial charge in [0.2, 0.25) is 0 Å². The molecule has 0 saturated carbocycles. The standard InChI is InChI=1S/C21H15ClN4O2/c22-20-19(7-4-12-24-20)25-14-15(13-23)21(27)26-16-8-10-18(11-9-16)28-17-5-2-1-3-6-17/h1-12,14,25H,(H,26,27)/b15-14-. The van der Waals surface area contributed by atoms with E-state index in [9.17, 15) is 10.1 Å². The quantitative estimate of drug-likeness (QED) is 0.352. The van der Waals surface area contributed by atoms with E-state index in [0.29, 0.717) is 22.9 Å². The highest BCUT2D eigenvalue weighted by Crippen LogP contribution is 2.23. The predicted molar refractivity (Wildman–Crippen MR) is 108 cm³/mol. The fraction of sp³-hybridized carbons (Fsp3) is 0. The maximum absolute atomic E-state index is 12.3. The molecule has 0 spiro atoms. The largest absolute Gasteiger partial charge is 0.457 e. The van der Waals surface area contributed by atoms with Gasteiger partial charge in [0.25, 0.3) is 5.91 Å². The number of carbonyl (C=O) groups is 1. The van der Waals surface area contributed by atoms with Crippen LogP contribution in [-0.4, -0.2) is 10.9 Å². The molecule has 7 heteroatoms. The Labute approximate surface area is 167 Å². The SMILES string of the molecule is N#C/C(=C/Nc1cccnc1Cl)C(=O)Nc1ccc(Oc2ccccc2)cc1. The summed E-state index contributed by atoms with van der Waals surface area (Å²) in [6.45, 7) is 0. The summed E-state index contributed by atoms with van der Waals surface area (Å²) in [5, 5.41) is 15.0. The van der Waals surface area contributed by atoms with Gasteiger partial charge in [-0.25, -0.2) is 4.98 Å². The van der Waals surface area contributed by atoms with Crippen molar-refractivity contribution in [3.05, 3.63) is 89.9 Å². The molecule has 0 aliphatic heterocycles. The molecule has 2 aromatic carbocycles. The first-order valence-corrected chi connectivity index (χ1v) is 8.65. The van der Waals surface area contributed by atoms with Gasteiger partial charge in [-0.1, -0.05) is 29.8 Å². The van der Waals surface area contributed by atoms with E-state index in [2.05, 4.69) is 15.6 Å². The minimum absolute atomic E-state index is 0.107. The molecule has 0 saturated heterocycles. The Morgan fingerprint density at radius 3 is 2.43 bits per heavy atom. The zero-order valence-electron chi connectivity index (χ0n) is 14.6. The van der Waals surface area contributed by atoms with Gasteiger partial charge in [0.15, 0.2) is 5.15 Å². The monoisotopic (exact) mass is 390 g/mol. The van der Waals surface area contributed by atoms with Gasteiger partial charge in [-0.2, -0.15) is 5.26 Å². The number of nitrogens with zero attached hydrogens (tertiary/aromatic N) is 2. The Bertz CT molecular complexity index is 1030. The maximum Gasteiger partial charge on any atom is 0.267 e.